The molecule has 3 aromatic heterocycles. The lowest BCUT2D eigenvalue weighted by atomic mass is 10.1. The van der Waals surface area contributed by atoms with Gasteiger partial charge in [0.1, 0.15) is 6.54 Å². The highest BCUT2D eigenvalue weighted by Gasteiger charge is 2.27. The number of benzene rings is 1. The molecule has 1 aromatic carbocycles. The molecular weight excluding hydrogens is 502 g/mol. The number of piperidine rings is 1. The van der Waals surface area contributed by atoms with Crippen LogP contribution >= 0.6 is 0 Å². The van der Waals surface area contributed by atoms with Gasteiger partial charge in [0.15, 0.2) is 22.7 Å². The van der Waals surface area contributed by atoms with Gasteiger partial charge in [-0.15, -0.1) is 0 Å². The Labute approximate surface area is 222 Å². The van der Waals surface area contributed by atoms with Crippen LogP contribution in [0.25, 0.3) is 11.2 Å². The monoisotopic (exact) mass is 529 g/mol. The number of aryl methyl sites for hydroxylation is 1. The molecule has 200 valence electrons. The SMILES string of the molecule is Cn1c(=O)n(CC(=O)Nc2ncccc2O)c(=O)c2c1nc(N1CCC[C@@H](N)C1)n2Cc1ccccc1C#N. The van der Waals surface area contributed by atoms with Crippen LogP contribution in [0.1, 0.15) is 24.0 Å². The summed E-state index contributed by atoms with van der Waals surface area (Å²) in [4.78, 5) is 50.4. The van der Waals surface area contributed by atoms with Gasteiger partial charge in [0.25, 0.3) is 5.56 Å². The minimum atomic E-state index is -0.725. The van der Waals surface area contributed by atoms with Crippen molar-refractivity contribution in [3.05, 3.63) is 74.6 Å². The summed E-state index contributed by atoms with van der Waals surface area (Å²) < 4.78 is 3.73. The lowest BCUT2D eigenvalue weighted by Crippen LogP contribution is -2.44. The van der Waals surface area contributed by atoms with Crippen LogP contribution in [0.3, 0.4) is 0 Å². The van der Waals surface area contributed by atoms with Crippen LogP contribution in [0.15, 0.2) is 52.2 Å². The molecule has 1 saturated heterocycles. The van der Waals surface area contributed by atoms with Crippen molar-refractivity contribution in [3.8, 4) is 11.8 Å². The summed E-state index contributed by atoms with van der Waals surface area (Å²) in [6, 6.07) is 12.0. The first-order valence-electron chi connectivity index (χ1n) is 12.4. The molecule has 4 N–H and O–H groups in total. The summed E-state index contributed by atoms with van der Waals surface area (Å²) in [6.45, 7) is 0.709. The quantitative estimate of drug-likeness (QED) is 0.321. The number of hydrogen-bond acceptors (Lipinski definition) is 9. The molecule has 13 nitrogen and oxygen atoms in total. The Morgan fingerprint density at radius 2 is 2.03 bits per heavy atom. The number of fused-ring (bicyclic) bond motifs is 1. The molecule has 39 heavy (non-hydrogen) atoms. The van der Waals surface area contributed by atoms with Crippen molar-refractivity contribution in [1.82, 2.24) is 23.7 Å². The summed E-state index contributed by atoms with van der Waals surface area (Å²) in [6.07, 6.45) is 3.08. The molecule has 0 spiro atoms. The first-order valence-corrected chi connectivity index (χ1v) is 12.4. The number of nitrogens with two attached hydrogens (primary N) is 1. The van der Waals surface area contributed by atoms with Crippen LogP contribution in [0.4, 0.5) is 11.8 Å². The van der Waals surface area contributed by atoms with Gasteiger partial charge < -0.3 is 21.1 Å². The molecule has 1 aliphatic heterocycles. The van der Waals surface area contributed by atoms with Crippen LogP contribution in [0.5, 0.6) is 5.75 Å². The van der Waals surface area contributed by atoms with Crippen LogP contribution in [0, 0.1) is 11.3 Å². The zero-order valence-electron chi connectivity index (χ0n) is 21.2. The molecule has 13 heteroatoms. The van der Waals surface area contributed by atoms with Crippen molar-refractivity contribution in [2.45, 2.75) is 32.0 Å². The molecule has 0 unspecified atom stereocenters. The first-order chi connectivity index (χ1) is 18.8. The minimum absolute atomic E-state index is 0.0782. The number of aromatic hydroxyl groups is 1. The van der Waals surface area contributed by atoms with Gasteiger partial charge in [0, 0.05) is 32.4 Å². The van der Waals surface area contributed by atoms with E-state index in [2.05, 4.69) is 16.4 Å². The lowest BCUT2D eigenvalue weighted by molar-refractivity contribution is -0.116. The second-order valence-corrected chi connectivity index (χ2v) is 9.44. The van der Waals surface area contributed by atoms with Crippen LogP contribution in [0.2, 0.25) is 0 Å². The second-order valence-electron chi connectivity index (χ2n) is 9.44. The van der Waals surface area contributed by atoms with Gasteiger partial charge in [-0.3, -0.25) is 18.7 Å². The molecule has 0 aliphatic carbocycles. The minimum Gasteiger partial charge on any atom is -0.504 e. The third-order valence-corrected chi connectivity index (χ3v) is 6.77. The van der Waals surface area contributed by atoms with Gasteiger partial charge in [-0.25, -0.2) is 14.3 Å². The fraction of sp³-hybridized carbons (Fsp3) is 0.308. The maximum atomic E-state index is 13.8. The number of nitrogens with zero attached hydrogens (tertiary/aromatic N) is 7. The first kappa shape index (κ1) is 25.7. The summed E-state index contributed by atoms with van der Waals surface area (Å²) in [5, 5.41) is 22.0. The molecule has 0 radical (unpaired) electrons. The van der Waals surface area contributed by atoms with Crippen LogP contribution in [-0.4, -0.2) is 53.8 Å². The average molecular weight is 530 g/mol. The van der Waals surface area contributed by atoms with E-state index in [1.165, 1.54) is 29.9 Å². The molecule has 0 saturated carbocycles. The van der Waals surface area contributed by atoms with Gasteiger partial charge in [-0.1, -0.05) is 18.2 Å². The average Bonchev–Trinajstić information content (AvgIpc) is 3.31. The van der Waals surface area contributed by atoms with Crippen molar-refractivity contribution < 1.29 is 9.90 Å². The van der Waals surface area contributed by atoms with Gasteiger partial charge >= 0.3 is 5.69 Å². The largest absolute Gasteiger partial charge is 0.504 e. The Morgan fingerprint density at radius 3 is 2.77 bits per heavy atom. The van der Waals surface area contributed by atoms with E-state index < -0.39 is 23.7 Å². The highest BCUT2D eigenvalue weighted by atomic mass is 16.3. The summed E-state index contributed by atoms with van der Waals surface area (Å²) in [5.41, 5.74) is 6.19. The molecule has 4 heterocycles. The number of rotatable bonds is 6. The van der Waals surface area contributed by atoms with Gasteiger partial charge in [0.05, 0.1) is 18.2 Å². The number of nitrogens with one attached hydrogen (secondary N) is 1. The molecule has 1 amide bonds. The summed E-state index contributed by atoms with van der Waals surface area (Å²) in [7, 11) is 1.48. The molecular formula is C26H27N9O4. The number of carbonyl (C=O) groups excluding carboxylic acids is 1. The third kappa shape index (κ3) is 4.85. The Morgan fingerprint density at radius 1 is 1.23 bits per heavy atom. The summed E-state index contributed by atoms with van der Waals surface area (Å²) in [5.74, 6) is -0.596. The van der Waals surface area contributed by atoms with Crippen LogP contribution < -0.4 is 27.2 Å². The zero-order valence-corrected chi connectivity index (χ0v) is 21.2. The van der Waals surface area contributed by atoms with Gasteiger partial charge in [-0.2, -0.15) is 10.2 Å². The number of anilines is 2. The molecule has 1 fully saturated rings. The van der Waals surface area contributed by atoms with Gasteiger partial charge in [0.2, 0.25) is 11.9 Å². The molecule has 1 aliphatic rings. The summed E-state index contributed by atoms with van der Waals surface area (Å²) >= 11 is 0. The molecule has 4 aromatic rings. The fourth-order valence-corrected chi connectivity index (χ4v) is 4.83. The highest BCUT2D eigenvalue weighted by Crippen LogP contribution is 2.25. The maximum Gasteiger partial charge on any atom is 0.332 e. The number of pyridine rings is 1. The van der Waals surface area contributed by atoms with Crippen molar-refractivity contribution in [3.63, 3.8) is 0 Å². The number of amides is 1. The number of carbonyl (C=O) groups is 1. The Bertz CT molecular complexity index is 1730. The Kier molecular flexibility index (Phi) is 6.86. The smallest absolute Gasteiger partial charge is 0.332 e. The fourth-order valence-electron chi connectivity index (χ4n) is 4.83. The zero-order chi connectivity index (χ0) is 27.7. The van der Waals surface area contributed by atoms with Gasteiger partial charge in [-0.05, 0) is 36.6 Å². The second kappa shape index (κ2) is 10.4. The Hall–Kier alpha value is -4.96. The maximum absolute atomic E-state index is 13.8. The van der Waals surface area contributed by atoms with Crippen molar-refractivity contribution in [1.29, 1.82) is 5.26 Å². The van der Waals surface area contributed by atoms with Crippen molar-refractivity contribution in [2.75, 3.05) is 23.3 Å². The van der Waals surface area contributed by atoms with Crippen LogP contribution in [-0.2, 0) is 24.9 Å². The predicted molar refractivity (Wildman–Crippen MR) is 143 cm³/mol. The van der Waals surface area contributed by atoms with E-state index in [1.54, 1.807) is 28.8 Å². The molecule has 5 rings (SSSR count). The Balaban J connectivity index is 1.65. The molecule has 0 bridgehead atoms. The van der Waals surface area contributed by atoms with E-state index in [9.17, 15) is 24.8 Å². The highest BCUT2D eigenvalue weighted by molar-refractivity contribution is 5.91. The number of aromatic nitrogens is 5. The van der Waals surface area contributed by atoms with Crippen molar-refractivity contribution >= 4 is 28.8 Å². The third-order valence-electron chi connectivity index (χ3n) is 6.77. The molecule has 1 atom stereocenters. The van der Waals surface area contributed by atoms with E-state index >= 15 is 0 Å². The van der Waals surface area contributed by atoms with E-state index in [0.29, 0.717) is 30.2 Å². The topological polar surface area (TPSA) is 177 Å². The van der Waals surface area contributed by atoms with E-state index in [-0.39, 0.29) is 35.3 Å². The lowest BCUT2D eigenvalue weighted by Gasteiger charge is -2.32. The number of nitriles is 1. The van der Waals surface area contributed by atoms with E-state index in [0.717, 1.165) is 17.4 Å². The van der Waals surface area contributed by atoms with Crippen molar-refractivity contribution in [2.24, 2.45) is 12.8 Å². The van der Waals surface area contributed by atoms with E-state index in [4.69, 9.17) is 10.7 Å². The number of hydrogen-bond donors (Lipinski definition) is 3. The standard InChI is InChI=1S/C26H27N9O4/c1-32-23-21(24(38)35(26(32)39)15-20(37)30-22-19(36)9-4-10-29-22)34(13-17-7-3-2-6-16(17)12-27)25(31-23)33-11-5-8-18(28)14-33/h2-4,6-7,9-10,18,36H,5,8,11,13-15,28H2,1H3,(H,29,30,37)/t18-/m1/s1. The van der Waals surface area contributed by atoms with E-state index in [1.807, 2.05) is 4.90 Å². The normalized spacial score (nSPS) is 15.3. The predicted octanol–water partition coefficient (Wildman–Crippen LogP) is 0.483. The number of imidazole rings is 1.